The molecular weight excluding hydrogens is 208 g/mol. The maximum absolute atomic E-state index is 11.6. The Bertz CT molecular complexity index is 422. The van der Waals surface area contributed by atoms with Gasteiger partial charge in [-0.05, 0) is 18.2 Å². The molecule has 1 aliphatic rings. The van der Waals surface area contributed by atoms with Crippen LogP contribution in [-0.2, 0) is 14.3 Å². The lowest BCUT2D eigenvalue weighted by Gasteiger charge is -2.17. The predicted molar refractivity (Wildman–Crippen MR) is 55.7 cm³/mol. The molecule has 0 saturated carbocycles. The predicted octanol–water partition coefficient (Wildman–Crippen LogP) is 1.33. The van der Waals surface area contributed by atoms with Crippen LogP contribution in [0, 0.1) is 0 Å². The summed E-state index contributed by atoms with van der Waals surface area (Å²) in [6, 6.07) is 8.47. The molecule has 0 aromatic heterocycles. The summed E-state index contributed by atoms with van der Waals surface area (Å²) in [5.74, 6) is -0.912. The van der Waals surface area contributed by atoms with Crippen molar-refractivity contribution in [2.24, 2.45) is 0 Å². The van der Waals surface area contributed by atoms with Crippen molar-refractivity contribution < 1.29 is 19.1 Å². The number of hydrogen-bond acceptors (Lipinski definition) is 4. The van der Waals surface area contributed by atoms with Crippen LogP contribution in [0.2, 0.25) is 0 Å². The van der Waals surface area contributed by atoms with Gasteiger partial charge in [0.25, 0.3) is 6.29 Å². The zero-order chi connectivity index (χ0) is 11.4. The fourth-order valence-corrected chi connectivity index (χ4v) is 1.30. The Labute approximate surface area is 92.5 Å². The van der Waals surface area contributed by atoms with Crippen molar-refractivity contribution in [3.63, 3.8) is 0 Å². The van der Waals surface area contributed by atoms with E-state index in [2.05, 4.69) is 0 Å². The number of carbonyl (C=O) groups excluding carboxylic acids is 2. The molecule has 4 nitrogen and oxygen atoms in total. The van der Waals surface area contributed by atoms with Gasteiger partial charge in [-0.15, -0.1) is 0 Å². The van der Waals surface area contributed by atoms with Crippen molar-refractivity contribution in [1.29, 1.82) is 0 Å². The number of esters is 1. The smallest absolute Gasteiger partial charge is 0.340 e. The molecule has 0 fully saturated rings. The Morgan fingerprint density at radius 3 is 2.75 bits per heavy atom. The Kier molecular flexibility index (Phi) is 3.12. The third-order valence-corrected chi connectivity index (χ3v) is 2.08. The second-order valence-corrected chi connectivity index (χ2v) is 3.24. The van der Waals surface area contributed by atoms with Gasteiger partial charge in [0, 0.05) is 0 Å². The highest BCUT2D eigenvalue weighted by atomic mass is 16.7. The molecule has 1 unspecified atom stereocenters. The number of benzene rings is 1. The van der Waals surface area contributed by atoms with Crippen molar-refractivity contribution in [3.8, 4) is 0 Å². The van der Waals surface area contributed by atoms with E-state index in [0.29, 0.717) is 5.56 Å². The number of carbonyl (C=O) groups is 2. The number of ketones is 1. The maximum Gasteiger partial charge on any atom is 0.340 e. The molecule has 16 heavy (non-hydrogen) atoms. The van der Waals surface area contributed by atoms with E-state index < -0.39 is 12.3 Å². The minimum atomic E-state index is -1.11. The Hall–Kier alpha value is -1.94. The first kappa shape index (κ1) is 10.6. The molecule has 0 saturated heterocycles. The quantitative estimate of drug-likeness (QED) is 0.702. The molecule has 0 spiro atoms. The maximum atomic E-state index is 11.6. The normalized spacial score (nSPS) is 19.5. The second kappa shape index (κ2) is 4.72. The van der Waals surface area contributed by atoms with Gasteiger partial charge in [-0.2, -0.15) is 0 Å². The van der Waals surface area contributed by atoms with E-state index >= 15 is 0 Å². The summed E-state index contributed by atoms with van der Waals surface area (Å²) in [4.78, 5) is 22.9. The molecule has 1 aromatic carbocycles. The van der Waals surface area contributed by atoms with Crippen molar-refractivity contribution in [3.05, 3.63) is 48.0 Å². The molecule has 1 atom stereocenters. The lowest BCUT2D eigenvalue weighted by molar-refractivity contribution is -0.152. The average molecular weight is 218 g/mol. The van der Waals surface area contributed by atoms with Gasteiger partial charge in [0.2, 0.25) is 5.78 Å². The van der Waals surface area contributed by atoms with Crippen LogP contribution in [0.5, 0.6) is 0 Å². The van der Waals surface area contributed by atoms with E-state index in [9.17, 15) is 9.59 Å². The first-order valence-corrected chi connectivity index (χ1v) is 4.85. The number of ether oxygens (including phenoxy) is 2. The third kappa shape index (κ3) is 2.35. The number of rotatable bonds is 2. The highest BCUT2D eigenvalue weighted by Crippen LogP contribution is 2.08. The summed E-state index contributed by atoms with van der Waals surface area (Å²) >= 11 is 0. The van der Waals surface area contributed by atoms with Gasteiger partial charge >= 0.3 is 5.97 Å². The summed E-state index contributed by atoms with van der Waals surface area (Å²) in [6.07, 6.45) is 1.82. The molecule has 0 amide bonds. The number of hydrogen-bond donors (Lipinski definition) is 0. The minimum absolute atomic E-state index is 0.276. The second-order valence-electron chi connectivity index (χ2n) is 3.24. The lowest BCUT2D eigenvalue weighted by Crippen LogP contribution is -2.31. The molecular formula is C12H10O4. The van der Waals surface area contributed by atoms with E-state index in [1.54, 1.807) is 36.4 Å². The fraction of sp³-hybridized carbons (Fsp3) is 0.167. The van der Waals surface area contributed by atoms with E-state index in [-0.39, 0.29) is 12.4 Å². The summed E-state index contributed by atoms with van der Waals surface area (Å²) in [7, 11) is 0. The minimum Gasteiger partial charge on any atom is -0.424 e. The van der Waals surface area contributed by atoms with Gasteiger partial charge in [-0.25, -0.2) is 4.79 Å². The first-order chi connectivity index (χ1) is 7.77. The van der Waals surface area contributed by atoms with Crippen molar-refractivity contribution in [2.45, 2.75) is 6.29 Å². The summed E-state index contributed by atoms with van der Waals surface area (Å²) in [6.45, 7) is 0.276. The Balaban J connectivity index is 2.03. The molecule has 0 aliphatic carbocycles. The highest BCUT2D eigenvalue weighted by molar-refractivity contribution is 5.96. The largest absolute Gasteiger partial charge is 0.424 e. The van der Waals surface area contributed by atoms with Crippen LogP contribution in [0.3, 0.4) is 0 Å². The van der Waals surface area contributed by atoms with Crippen LogP contribution >= 0.6 is 0 Å². The zero-order valence-electron chi connectivity index (χ0n) is 8.46. The van der Waals surface area contributed by atoms with Crippen LogP contribution in [0.25, 0.3) is 0 Å². The summed E-state index contributed by atoms with van der Waals surface area (Å²) in [5.41, 5.74) is 0.397. The van der Waals surface area contributed by atoms with Gasteiger partial charge in [0.1, 0.15) is 0 Å². The first-order valence-electron chi connectivity index (χ1n) is 4.85. The van der Waals surface area contributed by atoms with E-state index in [1.807, 2.05) is 0 Å². The topological polar surface area (TPSA) is 52.6 Å². The van der Waals surface area contributed by atoms with E-state index in [4.69, 9.17) is 9.47 Å². The summed E-state index contributed by atoms with van der Waals surface area (Å²) in [5, 5.41) is 0. The fourth-order valence-electron chi connectivity index (χ4n) is 1.30. The molecule has 1 aliphatic heterocycles. The van der Waals surface area contributed by atoms with Crippen LogP contribution in [0.1, 0.15) is 10.4 Å². The molecule has 1 heterocycles. The van der Waals surface area contributed by atoms with Crippen LogP contribution < -0.4 is 0 Å². The highest BCUT2D eigenvalue weighted by Gasteiger charge is 2.24. The zero-order valence-corrected chi connectivity index (χ0v) is 8.46. The van der Waals surface area contributed by atoms with E-state index in [0.717, 1.165) is 0 Å². The van der Waals surface area contributed by atoms with Gasteiger partial charge in [0.15, 0.2) is 0 Å². The molecule has 4 heteroatoms. The molecule has 0 bridgehead atoms. The van der Waals surface area contributed by atoms with Crippen LogP contribution in [-0.4, -0.2) is 24.6 Å². The molecule has 1 aromatic rings. The Morgan fingerprint density at radius 1 is 1.31 bits per heavy atom. The van der Waals surface area contributed by atoms with Gasteiger partial charge in [0.05, 0.1) is 12.2 Å². The van der Waals surface area contributed by atoms with Gasteiger partial charge in [-0.3, -0.25) is 4.79 Å². The SMILES string of the molecule is O=C(OC1OCC=CC1=O)c1ccccc1. The molecule has 82 valence electrons. The van der Waals surface area contributed by atoms with Crippen molar-refractivity contribution >= 4 is 11.8 Å². The lowest BCUT2D eigenvalue weighted by atomic mass is 10.2. The summed E-state index contributed by atoms with van der Waals surface area (Å²) < 4.78 is 9.93. The molecule has 2 rings (SSSR count). The monoisotopic (exact) mass is 218 g/mol. The average Bonchev–Trinajstić information content (AvgIpc) is 2.33. The Morgan fingerprint density at radius 2 is 2.06 bits per heavy atom. The van der Waals surface area contributed by atoms with Crippen molar-refractivity contribution in [1.82, 2.24) is 0 Å². The molecule has 0 N–H and O–H groups in total. The van der Waals surface area contributed by atoms with Crippen molar-refractivity contribution in [2.75, 3.05) is 6.61 Å². The molecule has 0 radical (unpaired) electrons. The third-order valence-electron chi connectivity index (χ3n) is 2.08. The van der Waals surface area contributed by atoms with Crippen LogP contribution in [0.15, 0.2) is 42.5 Å². The van der Waals surface area contributed by atoms with Crippen LogP contribution in [0.4, 0.5) is 0 Å². The van der Waals surface area contributed by atoms with E-state index in [1.165, 1.54) is 6.08 Å². The standard InChI is InChI=1S/C12H10O4/c13-10-7-4-8-15-12(10)16-11(14)9-5-2-1-3-6-9/h1-7,12H,8H2. The van der Waals surface area contributed by atoms with Gasteiger partial charge in [-0.1, -0.05) is 24.3 Å². The van der Waals surface area contributed by atoms with Gasteiger partial charge < -0.3 is 9.47 Å².